The summed E-state index contributed by atoms with van der Waals surface area (Å²) in [6, 6.07) is 5.40. The van der Waals surface area contributed by atoms with E-state index in [0.717, 1.165) is 42.6 Å². The summed E-state index contributed by atoms with van der Waals surface area (Å²) in [5.41, 5.74) is 1.29. The van der Waals surface area contributed by atoms with Crippen molar-refractivity contribution in [2.75, 3.05) is 25.5 Å². The maximum atomic E-state index is 12.5. The number of likely N-dealkylation sites (tertiary alicyclic amines) is 1. The Labute approximate surface area is 170 Å². The van der Waals surface area contributed by atoms with Crippen LogP contribution in [0.1, 0.15) is 32.3 Å². The van der Waals surface area contributed by atoms with Gasteiger partial charge in [0.15, 0.2) is 0 Å². The second-order valence-corrected chi connectivity index (χ2v) is 7.37. The third-order valence-corrected chi connectivity index (χ3v) is 5.23. The van der Waals surface area contributed by atoms with E-state index in [1.807, 2.05) is 26.0 Å². The summed E-state index contributed by atoms with van der Waals surface area (Å²) in [4.78, 5) is 27.1. The highest BCUT2D eigenvalue weighted by Crippen LogP contribution is 2.29. The van der Waals surface area contributed by atoms with Gasteiger partial charge < -0.3 is 19.4 Å². The van der Waals surface area contributed by atoms with Crippen LogP contribution in [0.4, 0.5) is 5.69 Å². The number of ether oxygens (including phenoxy) is 1. The van der Waals surface area contributed by atoms with E-state index in [1.54, 1.807) is 31.2 Å². The van der Waals surface area contributed by atoms with Crippen LogP contribution in [0.15, 0.2) is 51.2 Å². The molecule has 6 heteroatoms. The minimum atomic E-state index is -0.582. The fraction of sp³-hybridized carbons (Fsp3) is 0.391. The first-order valence-corrected chi connectivity index (χ1v) is 9.96. The molecule has 2 heterocycles. The lowest BCUT2D eigenvalue weighted by Gasteiger charge is -2.29. The summed E-state index contributed by atoms with van der Waals surface area (Å²) in [7, 11) is 2.11. The van der Waals surface area contributed by atoms with Crippen LogP contribution in [0.25, 0.3) is 11.0 Å². The molecule has 0 bridgehead atoms. The average Bonchev–Trinajstić information content (AvgIpc) is 2.71. The zero-order chi connectivity index (χ0) is 21.0. The van der Waals surface area contributed by atoms with Crippen LogP contribution in [0, 0.1) is 6.92 Å². The largest absolute Gasteiger partial charge is 0.490 e. The van der Waals surface area contributed by atoms with Gasteiger partial charge in [0, 0.05) is 29.6 Å². The molecule has 0 unspecified atom stereocenters. The Morgan fingerprint density at radius 2 is 2.00 bits per heavy atom. The van der Waals surface area contributed by atoms with E-state index in [1.165, 1.54) is 0 Å². The predicted molar refractivity (Wildman–Crippen MR) is 116 cm³/mol. The van der Waals surface area contributed by atoms with Gasteiger partial charge in [-0.3, -0.25) is 4.79 Å². The van der Waals surface area contributed by atoms with Crippen molar-refractivity contribution in [1.82, 2.24) is 4.90 Å². The maximum absolute atomic E-state index is 12.5. The van der Waals surface area contributed by atoms with Crippen LogP contribution >= 0.6 is 0 Å². The Bertz CT molecular complexity index is 1010. The number of hydrogen-bond donors (Lipinski definition) is 1. The second kappa shape index (κ2) is 9.09. The quantitative estimate of drug-likeness (QED) is 0.469. The van der Waals surface area contributed by atoms with E-state index >= 15 is 0 Å². The van der Waals surface area contributed by atoms with Crippen molar-refractivity contribution in [1.29, 1.82) is 0 Å². The van der Waals surface area contributed by atoms with Crippen LogP contribution in [0.5, 0.6) is 5.75 Å². The van der Waals surface area contributed by atoms with Crippen LogP contribution in [0.2, 0.25) is 0 Å². The molecule has 1 saturated heterocycles. The fourth-order valence-electron chi connectivity index (χ4n) is 3.48. The monoisotopic (exact) mass is 396 g/mol. The lowest BCUT2D eigenvalue weighted by molar-refractivity contribution is -0.112. The smallest absolute Gasteiger partial charge is 0.360 e. The number of aryl methyl sites for hydroxylation is 1. The molecule has 6 nitrogen and oxygen atoms in total. The molecule has 154 valence electrons. The summed E-state index contributed by atoms with van der Waals surface area (Å²) in [5.74, 6) is 0.382. The first-order valence-electron chi connectivity index (χ1n) is 9.96. The number of amides is 1. The van der Waals surface area contributed by atoms with Crippen LogP contribution in [0.3, 0.4) is 0 Å². The normalized spacial score (nSPS) is 16.5. The highest BCUT2D eigenvalue weighted by molar-refractivity contribution is 6.06. The standard InChI is InChI=1S/C23H28N2O4/c1-5-7-16(6-2)22(26)24-19-14-17-8-9-20(15(3)21(17)29-23(19)27)28-18-10-12-25(4)13-11-18/h5-9,14,18H,10-13H2,1-4H3,(H,24,26)/b7-5-,16-6+. The van der Waals surface area contributed by atoms with Crippen molar-refractivity contribution >= 4 is 22.6 Å². The number of nitrogens with zero attached hydrogens (tertiary/aromatic N) is 1. The van der Waals surface area contributed by atoms with E-state index in [0.29, 0.717) is 11.2 Å². The molecule has 2 aromatic rings. The van der Waals surface area contributed by atoms with Crippen LogP contribution in [-0.2, 0) is 4.79 Å². The number of allylic oxidation sites excluding steroid dienone is 2. The fourth-order valence-corrected chi connectivity index (χ4v) is 3.48. The van der Waals surface area contributed by atoms with Gasteiger partial charge >= 0.3 is 5.63 Å². The van der Waals surface area contributed by atoms with Gasteiger partial charge in [-0.05, 0) is 58.9 Å². The Morgan fingerprint density at radius 3 is 2.66 bits per heavy atom. The minimum Gasteiger partial charge on any atom is -0.490 e. The van der Waals surface area contributed by atoms with Crippen LogP contribution < -0.4 is 15.7 Å². The van der Waals surface area contributed by atoms with Crippen LogP contribution in [-0.4, -0.2) is 37.0 Å². The van der Waals surface area contributed by atoms with Crippen molar-refractivity contribution < 1.29 is 13.9 Å². The van der Waals surface area contributed by atoms with E-state index < -0.39 is 5.63 Å². The van der Waals surface area contributed by atoms with Gasteiger partial charge in [-0.1, -0.05) is 18.2 Å². The lowest BCUT2D eigenvalue weighted by Crippen LogP contribution is -2.35. The SMILES string of the molecule is C/C=C\C(=C/C)C(=O)Nc1cc2ccc(OC3CCN(C)CC3)c(C)c2oc1=O. The van der Waals surface area contributed by atoms with Crippen molar-refractivity contribution in [3.8, 4) is 5.75 Å². The number of rotatable bonds is 5. The first-order chi connectivity index (χ1) is 13.9. The molecular weight excluding hydrogens is 368 g/mol. The Hall–Kier alpha value is -2.86. The molecule has 0 aliphatic carbocycles. The zero-order valence-electron chi connectivity index (χ0n) is 17.5. The molecular formula is C23H28N2O4. The summed E-state index contributed by atoms with van der Waals surface area (Å²) in [5, 5.41) is 3.38. The molecule has 1 N–H and O–H groups in total. The third-order valence-electron chi connectivity index (χ3n) is 5.23. The number of benzene rings is 1. The lowest BCUT2D eigenvalue weighted by atomic mass is 10.1. The predicted octanol–water partition coefficient (Wildman–Crippen LogP) is 4.04. The molecule has 1 fully saturated rings. The third kappa shape index (κ3) is 4.77. The molecule has 0 atom stereocenters. The number of nitrogens with one attached hydrogen (secondary N) is 1. The molecule has 1 aliphatic rings. The van der Waals surface area contributed by atoms with Gasteiger partial charge in [0.05, 0.1) is 0 Å². The Morgan fingerprint density at radius 1 is 1.28 bits per heavy atom. The number of fused-ring (bicyclic) bond motifs is 1. The summed E-state index contributed by atoms with van der Waals surface area (Å²) < 4.78 is 11.7. The number of piperidine rings is 1. The number of hydrogen-bond acceptors (Lipinski definition) is 5. The Kier molecular flexibility index (Phi) is 6.54. The molecule has 0 saturated carbocycles. The van der Waals surface area contributed by atoms with E-state index in [-0.39, 0.29) is 17.7 Å². The molecule has 0 spiro atoms. The van der Waals surface area contributed by atoms with Gasteiger partial charge in [0.2, 0.25) is 0 Å². The van der Waals surface area contributed by atoms with Gasteiger partial charge in [-0.25, -0.2) is 4.79 Å². The van der Waals surface area contributed by atoms with Crippen molar-refractivity contribution in [2.24, 2.45) is 0 Å². The second-order valence-electron chi connectivity index (χ2n) is 7.37. The van der Waals surface area contributed by atoms with Crippen molar-refractivity contribution in [2.45, 2.75) is 39.7 Å². The highest BCUT2D eigenvalue weighted by atomic mass is 16.5. The summed E-state index contributed by atoms with van der Waals surface area (Å²) in [6.07, 6.45) is 7.26. The number of carbonyl (C=O) groups excluding carboxylic acids is 1. The molecule has 3 rings (SSSR count). The van der Waals surface area contributed by atoms with E-state index in [4.69, 9.17) is 9.15 Å². The number of carbonyl (C=O) groups is 1. The highest BCUT2D eigenvalue weighted by Gasteiger charge is 2.20. The van der Waals surface area contributed by atoms with Crippen molar-refractivity contribution in [3.05, 3.63) is 58.0 Å². The first kappa shape index (κ1) is 20.9. The zero-order valence-corrected chi connectivity index (χ0v) is 17.5. The average molecular weight is 396 g/mol. The number of anilines is 1. The molecule has 1 aromatic carbocycles. The molecule has 1 amide bonds. The Balaban J connectivity index is 1.85. The van der Waals surface area contributed by atoms with Gasteiger partial charge in [-0.15, -0.1) is 0 Å². The van der Waals surface area contributed by atoms with E-state index in [2.05, 4.69) is 17.3 Å². The van der Waals surface area contributed by atoms with Gasteiger partial charge in [0.1, 0.15) is 23.1 Å². The molecule has 0 radical (unpaired) electrons. The maximum Gasteiger partial charge on any atom is 0.360 e. The molecule has 29 heavy (non-hydrogen) atoms. The van der Waals surface area contributed by atoms with Gasteiger partial charge in [0.25, 0.3) is 5.91 Å². The topological polar surface area (TPSA) is 71.8 Å². The van der Waals surface area contributed by atoms with Gasteiger partial charge in [-0.2, -0.15) is 0 Å². The minimum absolute atomic E-state index is 0.120. The summed E-state index contributed by atoms with van der Waals surface area (Å²) >= 11 is 0. The van der Waals surface area contributed by atoms with Crippen molar-refractivity contribution in [3.63, 3.8) is 0 Å². The molecule has 1 aliphatic heterocycles. The molecule has 1 aromatic heterocycles. The summed E-state index contributed by atoms with van der Waals surface area (Å²) in [6.45, 7) is 7.51. The van der Waals surface area contributed by atoms with E-state index in [9.17, 15) is 9.59 Å².